The van der Waals surface area contributed by atoms with Crippen molar-refractivity contribution in [3.8, 4) is 0 Å². The Bertz CT molecular complexity index is 819. The molecule has 5 heteroatoms. The van der Waals surface area contributed by atoms with E-state index in [-0.39, 0.29) is 17.8 Å². The predicted molar refractivity (Wildman–Crippen MR) is 82.6 cm³/mol. The van der Waals surface area contributed by atoms with Gasteiger partial charge in [-0.2, -0.15) is 0 Å². The Labute approximate surface area is 128 Å². The van der Waals surface area contributed by atoms with E-state index in [0.717, 1.165) is 0 Å². The molecule has 0 fully saturated rings. The summed E-state index contributed by atoms with van der Waals surface area (Å²) in [5, 5.41) is 15.1. The van der Waals surface area contributed by atoms with Crippen LogP contribution in [0.5, 0.6) is 0 Å². The zero-order valence-corrected chi connectivity index (χ0v) is 12.6. The molecule has 114 valence electrons. The van der Waals surface area contributed by atoms with Gasteiger partial charge in [-0.25, -0.2) is 4.79 Å². The van der Waals surface area contributed by atoms with Crippen LogP contribution in [0.15, 0.2) is 35.6 Å². The van der Waals surface area contributed by atoms with Crippen LogP contribution < -0.4 is 5.32 Å². The normalized spacial score (nSPS) is 23.5. The van der Waals surface area contributed by atoms with Crippen molar-refractivity contribution in [2.24, 2.45) is 7.05 Å². The molecule has 0 unspecified atom stereocenters. The Hall–Kier alpha value is -2.27. The number of nitrogens with one attached hydrogen (secondary N) is 1. The molecule has 22 heavy (non-hydrogen) atoms. The standard InChI is InChI=1S/C17H18N2O3/c1-19-14-6-4-3-5-9(14)10-7-13-16(20)11(17(21)22-2)8-12(18-13)15(10)19/h3-6,12-13,18,20H,7-8H2,1-2H3/t12-,13-/m0/s1. The Morgan fingerprint density at radius 2 is 2.09 bits per heavy atom. The maximum atomic E-state index is 11.9. The summed E-state index contributed by atoms with van der Waals surface area (Å²) >= 11 is 0. The fraction of sp³-hybridized carbons (Fsp3) is 0.353. The minimum atomic E-state index is -0.434. The number of benzene rings is 1. The lowest BCUT2D eigenvalue weighted by Gasteiger charge is -2.37. The van der Waals surface area contributed by atoms with Crippen LogP contribution >= 0.6 is 0 Å². The van der Waals surface area contributed by atoms with Crippen molar-refractivity contribution in [2.75, 3.05) is 7.11 Å². The minimum Gasteiger partial charge on any atom is -0.510 e. The summed E-state index contributed by atoms with van der Waals surface area (Å²) in [6.45, 7) is 0. The van der Waals surface area contributed by atoms with Crippen LogP contribution in [0.25, 0.3) is 10.9 Å². The number of aromatic nitrogens is 1. The maximum absolute atomic E-state index is 11.9. The smallest absolute Gasteiger partial charge is 0.337 e. The van der Waals surface area contributed by atoms with Gasteiger partial charge in [-0.15, -0.1) is 0 Å². The molecule has 2 aromatic rings. The van der Waals surface area contributed by atoms with Gasteiger partial charge in [0.2, 0.25) is 0 Å². The molecule has 2 aliphatic heterocycles. The summed E-state index contributed by atoms with van der Waals surface area (Å²) in [5.41, 5.74) is 4.04. The zero-order chi connectivity index (χ0) is 15.4. The lowest BCUT2D eigenvalue weighted by atomic mass is 9.84. The number of nitrogens with zero attached hydrogens (tertiary/aromatic N) is 1. The van der Waals surface area contributed by atoms with E-state index in [1.54, 1.807) is 0 Å². The number of rotatable bonds is 1. The van der Waals surface area contributed by atoms with Crippen LogP contribution in [0.4, 0.5) is 0 Å². The molecule has 0 aliphatic carbocycles. The van der Waals surface area contributed by atoms with Gasteiger partial charge in [0.05, 0.1) is 24.8 Å². The summed E-state index contributed by atoms with van der Waals surface area (Å²) in [4.78, 5) is 11.9. The third-order valence-corrected chi connectivity index (χ3v) is 4.88. The number of hydrogen-bond donors (Lipinski definition) is 2. The van der Waals surface area contributed by atoms with Crippen molar-refractivity contribution in [3.05, 3.63) is 46.9 Å². The molecule has 4 rings (SSSR count). The average molecular weight is 298 g/mol. The zero-order valence-electron chi connectivity index (χ0n) is 12.6. The third kappa shape index (κ3) is 1.66. The monoisotopic (exact) mass is 298 g/mol. The number of fused-ring (bicyclic) bond motifs is 6. The Morgan fingerprint density at radius 1 is 1.32 bits per heavy atom. The fourth-order valence-corrected chi connectivity index (χ4v) is 3.90. The van der Waals surface area contributed by atoms with Gasteiger partial charge in [-0.3, -0.25) is 5.32 Å². The summed E-state index contributed by atoms with van der Waals surface area (Å²) in [6, 6.07) is 8.10. The minimum absolute atomic E-state index is 0.0242. The molecule has 2 N–H and O–H groups in total. The Kier molecular flexibility index (Phi) is 2.81. The van der Waals surface area contributed by atoms with Crippen LogP contribution in [-0.4, -0.2) is 28.8 Å². The number of esters is 1. The van der Waals surface area contributed by atoms with Crippen molar-refractivity contribution < 1.29 is 14.6 Å². The number of aliphatic hydroxyl groups excluding tert-OH is 1. The number of hydrogen-bond acceptors (Lipinski definition) is 4. The molecule has 3 heterocycles. The molecule has 1 aromatic carbocycles. The number of para-hydroxylation sites is 1. The van der Waals surface area contributed by atoms with Crippen molar-refractivity contribution in [1.29, 1.82) is 0 Å². The molecule has 0 saturated carbocycles. The fourth-order valence-electron chi connectivity index (χ4n) is 3.90. The highest BCUT2D eigenvalue weighted by Gasteiger charge is 2.40. The molecular weight excluding hydrogens is 280 g/mol. The molecule has 5 nitrogen and oxygen atoms in total. The van der Waals surface area contributed by atoms with Gasteiger partial charge in [0.25, 0.3) is 0 Å². The van der Waals surface area contributed by atoms with Gasteiger partial charge in [0.15, 0.2) is 0 Å². The summed E-state index contributed by atoms with van der Waals surface area (Å²) in [6.07, 6.45) is 1.13. The highest BCUT2D eigenvalue weighted by Crippen LogP contribution is 2.41. The number of ether oxygens (including phenoxy) is 1. The van der Waals surface area contributed by atoms with Crippen LogP contribution in [0.1, 0.15) is 23.7 Å². The molecule has 0 amide bonds. The van der Waals surface area contributed by atoms with E-state index in [0.29, 0.717) is 18.4 Å². The SMILES string of the molecule is COC(=O)C1=C(O)[C@@H]2Cc3c(n(C)c4ccccc34)[C@H](C1)N2. The molecule has 1 aromatic heterocycles. The van der Waals surface area contributed by atoms with E-state index < -0.39 is 5.97 Å². The first-order valence-electron chi connectivity index (χ1n) is 7.44. The molecule has 0 spiro atoms. The first-order valence-corrected chi connectivity index (χ1v) is 7.44. The topological polar surface area (TPSA) is 63.5 Å². The van der Waals surface area contributed by atoms with E-state index in [9.17, 15) is 9.90 Å². The first kappa shape index (κ1) is 13.4. The molecule has 0 saturated heterocycles. The number of carbonyl (C=O) groups excluding carboxylic acids is 1. The van der Waals surface area contributed by atoms with Crippen LogP contribution in [-0.2, 0) is 23.0 Å². The summed E-state index contributed by atoms with van der Waals surface area (Å²) in [5.74, 6) is -0.308. The largest absolute Gasteiger partial charge is 0.510 e. The molecule has 2 bridgehead atoms. The van der Waals surface area contributed by atoms with E-state index in [2.05, 4.69) is 29.1 Å². The summed E-state index contributed by atoms with van der Waals surface area (Å²) < 4.78 is 7.00. The van der Waals surface area contributed by atoms with E-state index in [4.69, 9.17) is 4.74 Å². The van der Waals surface area contributed by atoms with Crippen LogP contribution in [0.2, 0.25) is 0 Å². The van der Waals surface area contributed by atoms with Gasteiger partial charge in [0, 0.05) is 30.1 Å². The van der Waals surface area contributed by atoms with Crippen molar-refractivity contribution >= 4 is 16.9 Å². The molecule has 2 aliphatic rings. The maximum Gasteiger partial charge on any atom is 0.337 e. The first-order chi connectivity index (χ1) is 10.6. The predicted octanol–water partition coefficient (Wildman–Crippen LogP) is 2.12. The van der Waals surface area contributed by atoms with E-state index in [1.807, 2.05) is 12.1 Å². The second-order valence-corrected chi connectivity index (χ2v) is 5.98. The lowest BCUT2D eigenvalue weighted by Crippen LogP contribution is -2.46. The number of methoxy groups -OCH3 is 1. The van der Waals surface area contributed by atoms with Gasteiger partial charge in [-0.05, 0) is 18.1 Å². The number of carbonyl (C=O) groups is 1. The van der Waals surface area contributed by atoms with E-state index >= 15 is 0 Å². The van der Waals surface area contributed by atoms with Crippen LogP contribution in [0.3, 0.4) is 0 Å². The van der Waals surface area contributed by atoms with Crippen LogP contribution in [0, 0.1) is 0 Å². The lowest BCUT2D eigenvalue weighted by molar-refractivity contribution is -0.136. The second kappa shape index (κ2) is 4.61. The Morgan fingerprint density at radius 3 is 2.86 bits per heavy atom. The van der Waals surface area contributed by atoms with Crippen molar-refractivity contribution in [2.45, 2.75) is 24.9 Å². The number of aliphatic hydroxyl groups is 1. The van der Waals surface area contributed by atoms with Crippen molar-refractivity contribution in [3.63, 3.8) is 0 Å². The van der Waals surface area contributed by atoms with Gasteiger partial charge in [-0.1, -0.05) is 18.2 Å². The molecule has 0 radical (unpaired) electrons. The van der Waals surface area contributed by atoms with Crippen molar-refractivity contribution in [1.82, 2.24) is 9.88 Å². The average Bonchev–Trinajstić information content (AvgIpc) is 2.84. The third-order valence-electron chi connectivity index (χ3n) is 4.88. The van der Waals surface area contributed by atoms with E-state index in [1.165, 1.54) is 29.3 Å². The number of aryl methyl sites for hydroxylation is 1. The molecule has 2 atom stereocenters. The summed E-state index contributed by atoms with van der Waals surface area (Å²) in [7, 11) is 3.40. The highest BCUT2D eigenvalue weighted by molar-refractivity contribution is 5.90. The molecular formula is C17H18N2O3. The quantitative estimate of drug-likeness (QED) is 0.792. The van der Waals surface area contributed by atoms with Gasteiger partial charge >= 0.3 is 5.97 Å². The Balaban J connectivity index is 1.88. The highest BCUT2D eigenvalue weighted by atomic mass is 16.5. The second-order valence-electron chi connectivity index (χ2n) is 5.98. The van der Waals surface area contributed by atoms with Gasteiger partial charge in [0.1, 0.15) is 5.76 Å². The van der Waals surface area contributed by atoms with Gasteiger partial charge < -0.3 is 14.4 Å².